The number of alkyl halides is 3. The largest absolute Gasteiger partial charge is 0.573 e. The van der Waals surface area contributed by atoms with E-state index in [-0.39, 0.29) is 30.8 Å². The van der Waals surface area contributed by atoms with Gasteiger partial charge in [-0.15, -0.1) is 13.2 Å². The maximum Gasteiger partial charge on any atom is 0.573 e. The molecule has 9 nitrogen and oxygen atoms in total. The Hall–Kier alpha value is -4.52. The summed E-state index contributed by atoms with van der Waals surface area (Å²) in [5.41, 5.74) is 5.42. The number of halogens is 3. The molecular formula is C31H32F3N5O4. The molecule has 12 heteroatoms. The zero-order valence-electron chi connectivity index (χ0n) is 23.7. The first-order valence-electron chi connectivity index (χ1n) is 13.5. The maximum absolute atomic E-state index is 13.0. The highest BCUT2D eigenvalue weighted by Gasteiger charge is 2.31. The van der Waals surface area contributed by atoms with Crippen LogP contribution >= 0.6 is 0 Å². The van der Waals surface area contributed by atoms with Crippen LogP contribution in [-0.2, 0) is 6.54 Å². The Morgan fingerprint density at radius 3 is 2.23 bits per heavy atom. The number of ether oxygens (including phenoxy) is 1. The van der Waals surface area contributed by atoms with Crippen LogP contribution in [0.2, 0.25) is 0 Å². The van der Waals surface area contributed by atoms with Gasteiger partial charge in [0.05, 0.1) is 18.9 Å². The van der Waals surface area contributed by atoms with E-state index in [0.29, 0.717) is 47.8 Å². The summed E-state index contributed by atoms with van der Waals surface area (Å²) >= 11 is 0. The van der Waals surface area contributed by atoms with Gasteiger partial charge in [-0.25, -0.2) is 9.97 Å². The lowest BCUT2D eigenvalue weighted by Crippen LogP contribution is -2.29. The molecule has 0 saturated carbocycles. The van der Waals surface area contributed by atoms with Crippen LogP contribution in [0.5, 0.6) is 5.75 Å². The summed E-state index contributed by atoms with van der Waals surface area (Å²) in [5, 5.41) is 24.6. The van der Waals surface area contributed by atoms with E-state index in [0.717, 1.165) is 16.7 Å². The molecule has 0 aliphatic heterocycles. The first-order valence-corrected chi connectivity index (χ1v) is 13.5. The minimum absolute atomic E-state index is 0.0184. The third kappa shape index (κ3) is 8.98. The highest BCUT2D eigenvalue weighted by molar-refractivity contribution is 6.04. The second-order valence-electron chi connectivity index (χ2n) is 9.83. The number of nitrogens with one attached hydrogen (secondary N) is 2. The lowest BCUT2D eigenvalue weighted by atomic mass is 10.1. The Labute approximate surface area is 247 Å². The van der Waals surface area contributed by atoms with Crippen molar-refractivity contribution in [2.45, 2.75) is 26.8 Å². The molecule has 0 aliphatic carbocycles. The van der Waals surface area contributed by atoms with Gasteiger partial charge in [-0.1, -0.05) is 12.1 Å². The summed E-state index contributed by atoms with van der Waals surface area (Å²) < 4.78 is 41.4. The van der Waals surface area contributed by atoms with Gasteiger partial charge in [-0.3, -0.25) is 9.69 Å². The van der Waals surface area contributed by atoms with Gasteiger partial charge in [0.15, 0.2) is 0 Å². The van der Waals surface area contributed by atoms with Crippen molar-refractivity contribution >= 4 is 23.2 Å². The number of aliphatic hydroxyl groups is 2. The Morgan fingerprint density at radius 2 is 1.60 bits per heavy atom. The number of hydrogen-bond acceptors (Lipinski definition) is 8. The molecular weight excluding hydrogens is 563 g/mol. The number of aromatic nitrogens is 2. The van der Waals surface area contributed by atoms with Gasteiger partial charge in [0.1, 0.15) is 5.75 Å². The molecule has 0 saturated heterocycles. The molecule has 226 valence electrons. The van der Waals surface area contributed by atoms with Crippen LogP contribution in [0.3, 0.4) is 0 Å². The summed E-state index contributed by atoms with van der Waals surface area (Å²) in [6.45, 7) is 5.03. The smallest absolute Gasteiger partial charge is 0.406 e. The fourth-order valence-electron chi connectivity index (χ4n) is 4.35. The SMILES string of the molecule is Cc1ccc(CN(CCO)CCO)cc1NC(=O)c1ccc(Nc2ncc(C)c(-c3ccc(OC(F)(F)F)cc3)n2)cc1. The Kier molecular flexibility index (Phi) is 10.3. The number of aryl methyl sites for hydroxylation is 2. The maximum atomic E-state index is 13.0. The number of amides is 1. The van der Waals surface area contributed by atoms with Crippen molar-refractivity contribution in [1.82, 2.24) is 14.9 Å². The molecule has 0 unspecified atom stereocenters. The van der Waals surface area contributed by atoms with E-state index in [2.05, 4.69) is 25.3 Å². The first kappa shape index (κ1) is 31.4. The van der Waals surface area contributed by atoms with Gasteiger partial charge in [0.2, 0.25) is 5.95 Å². The van der Waals surface area contributed by atoms with Crippen LogP contribution in [0.1, 0.15) is 27.0 Å². The number of anilines is 3. The van der Waals surface area contributed by atoms with E-state index < -0.39 is 6.36 Å². The average molecular weight is 596 g/mol. The molecule has 0 fully saturated rings. The van der Waals surface area contributed by atoms with Crippen LogP contribution in [0.15, 0.2) is 72.9 Å². The minimum Gasteiger partial charge on any atom is -0.406 e. The number of aliphatic hydroxyl groups excluding tert-OH is 2. The van der Waals surface area contributed by atoms with Gasteiger partial charge in [-0.2, -0.15) is 0 Å². The lowest BCUT2D eigenvalue weighted by molar-refractivity contribution is -0.274. The number of hydrogen-bond donors (Lipinski definition) is 4. The zero-order valence-corrected chi connectivity index (χ0v) is 23.7. The summed E-state index contributed by atoms with van der Waals surface area (Å²) in [7, 11) is 0. The van der Waals surface area contributed by atoms with Crippen molar-refractivity contribution in [3.63, 3.8) is 0 Å². The fraction of sp³-hybridized carbons (Fsp3) is 0.258. The normalized spacial score (nSPS) is 11.4. The van der Waals surface area contributed by atoms with E-state index in [1.54, 1.807) is 37.4 Å². The van der Waals surface area contributed by atoms with Crippen molar-refractivity contribution in [2.75, 3.05) is 36.9 Å². The monoisotopic (exact) mass is 595 g/mol. The molecule has 43 heavy (non-hydrogen) atoms. The second kappa shape index (κ2) is 14.1. The van der Waals surface area contributed by atoms with Crippen molar-refractivity contribution in [2.24, 2.45) is 0 Å². The number of carbonyl (C=O) groups excluding carboxylic acids is 1. The first-order chi connectivity index (χ1) is 20.5. The van der Waals surface area contributed by atoms with E-state index >= 15 is 0 Å². The van der Waals surface area contributed by atoms with Gasteiger partial charge >= 0.3 is 6.36 Å². The third-order valence-corrected chi connectivity index (χ3v) is 6.53. The van der Waals surface area contributed by atoms with Crippen LogP contribution in [0.25, 0.3) is 11.3 Å². The minimum atomic E-state index is -4.77. The highest BCUT2D eigenvalue weighted by atomic mass is 19.4. The topological polar surface area (TPSA) is 120 Å². The summed E-state index contributed by atoms with van der Waals surface area (Å²) in [6, 6.07) is 17.9. The van der Waals surface area contributed by atoms with Crippen molar-refractivity contribution in [1.29, 1.82) is 0 Å². The molecule has 0 atom stereocenters. The molecule has 0 spiro atoms. The van der Waals surface area contributed by atoms with Gasteiger partial charge in [0, 0.05) is 48.3 Å². The van der Waals surface area contributed by atoms with Crippen LogP contribution in [0, 0.1) is 13.8 Å². The van der Waals surface area contributed by atoms with E-state index in [1.165, 1.54) is 24.3 Å². The van der Waals surface area contributed by atoms with Gasteiger partial charge in [0.25, 0.3) is 5.91 Å². The molecule has 0 bridgehead atoms. The number of rotatable bonds is 12. The van der Waals surface area contributed by atoms with Crippen molar-refractivity contribution in [3.8, 4) is 17.0 Å². The number of benzene rings is 3. The van der Waals surface area contributed by atoms with E-state index in [9.17, 15) is 28.2 Å². The van der Waals surface area contributed by atoms with Gasteiger partial charge in [-0.05, 0) is 85.1 Å². The molecule has 1 heterocycles. The molecule has 1 amide bonds. The molecule has 3 aromatic carbocycles. The molecule has 1 aromatic heterocycles. The average Bonchev–Trinajstić information content (AvgIpc) is 2.96. The molecule has 0 aliphatic rings. The lowest BCUT2D eigenvalue weighted by Gasteiger charge is -2.21. The van der Waals surface area contributed by atoms with E-state index in [1.807, 2.05) is 30.0 Å². The number of nitrogens with zero attached hydrogens (tertiary/aromatic N) is 3. The predicted molar refractivity (Wildman–Crippen MR) is 157 cm³/mol. The summed E-state index contributed by atoms with van der Waals surface area (Å²) in [5.74, 6) is -0.338. The second-order valence-corrected chi connectivity index (χ2v) is 9.83. The van der Waals surface area contributed by atoms with Crippen LogP contribution < -0.4 is 15.4 Å². The Morgan fingerprint density at radius 1 is 0.930 bits per heavy atom. The molecule has 4 rings (SSSR count). The standard InChI is InChI=1S/C31H32F3N5O4/c1-20-3-4-22(19-39(13-15-40)14-16-41)17-27(20)37-29(42)24-5-9-25(10-6-24)36-30-35-18-21(2)28(38-30)23-7-11-26(12-8-23)43-31(32,33)34/h3-12,17-18,40-41H,13-16,19H2,1-2H3,(H,37,42)(H,35,36,38). The van der Waals surface area contributed by atoms with Crippen LogP contribution in [-0.4, -0.2) is 63.7 Å². The Balaban J connectivity index is 1.42. The molecule has 4 aromatic rings. The van der Waals surface area contributed by atoms with E-state index in [4.69, 9.17) is 0 Å². The third-order valence-electron chi connectivity index (χ3n) is 6.53. The van der Waals surface area contributed by atoms with Crippen molar-refractivity contribution < 1.29 is 32.9 Å². The van der Waals surface area contributed by atoms with Crippen molar-refractivity contribution in [3.05, 3.63) is 95.2 Å². The highest BCUT2D eigenvalue weighted by Crippen LogP contribution is 2.28. The molecule has 4 N–H and O–H groups in total. The predicted octanol–water partition coefficient (Wildman–Crippen LogP) is 5.44. The molecule has 0 radical (unpaired) electrons. The van der Waals surface area contributed by atoms with Gasteiger partial charge < -0.3 is 25.6 Å². The quantitative estimate of drug-likeness (QED) is 0.171. The van der Waals surface area contributed by atoms with Crippen LogP contribution in [0.4, 0.5) is 30.5 Å². The Bertz CT molecular complexity index is 1520. The summed E-state index contributed by atoms with van der Waals surface area (Å²) in [4.78, 5) is 23.7. The zero-order chi connectivity index (χ0) is 31.0. The number of carbonyl (C=O) groups is 1. The summed E-state index contributed by atoms with van der Waals surface area (Å²) in [6.07, 6.45) is -3.16. The fourth-order valence-corrected chi connectivity index (χ4v) is 4.35.